The molecule has 0 spiro atoms. The molecule has 116 valence electrons. The van der Waals surface area contributed by atoms with Gasteiger partial charge in [-0.05, 0) is 44.2 Å². The number of carbonyl (C=O) groups excluding carboxylic acids is 1. The Kier molecular flexibility index (Phi) is 6.30. The summed E-state index contributed by atoms with van der Waals surface area (Å²) in [6.07, 6.45) is 4.66. The zero-order chi connectivity index (χ0) is 14.4. The molecule has 2 rings (SSSR count). The summed E-state index contributed by atoms with van der Waals surface area (Å²) in [5.41, 5.74) is 0. The molecular formula is C16H31N3O. The third-order valence-corrected chi connectivity index (χ3v) is 4.92. The van der Waals surface area contributed by atoms with Crippen molar-refractivity contribution in [2.24, 2.45) is 11.8 Å². The van der Waals surface area contributed by atoms with E-state index in [0.717, 1.165) is 44.6 Å². The summed E-state index contributed by atoms with van der Waals surface area (Å²) in [4.78, 5) is 16.7. The fourth-order valence-electron chi connectivity index (χ4n) is 3.40. The number of hydrogen-bond acceptors (Lipinski definition) is 3. The van der Waals surface area contributed by atoms with Gasteiger partial charge >= 0.3 is 0 Å². The molecule has 2 aliphatic heterocycles. The Morgan fingerprint density at radius 2 is 1.90 bits per heavy atom. The molecule has 0 aromatic rings. The van der Waals surface area contributed by atoms with Crippen LogP contribution in [0.15, 0.2) is 0 Å². The summed E-state index contributed by atoms with van der Waals surface area (Å²) < 4.78 is 0. The highest BCUT2D eigenvalue weighted by Gasteiger charge is 2.21. The number of likely N-dealkylation sites (tertiary alicyclic amines) is 1. The van der Waals surface area contributed by atoms with Crippen LogP contribution in [0.3, 0.4) is 0 Å². The minimum absolute atomic E-state index is 0.344. The first-order valence-corrected chi connectivity index (χ1v) is 8.37. The number of piperazine rings is 1. The van der Waals surface area contributed by atoms with Gasteiger partial charge in [0.15, 0.2) is 0 Å². The molecule has 0 bridgehead atoms. The van der Waals surface area contributed by atoms with E-state index in [1.165, 1.54) is 32.4 Å². The minimum Gasteiger partial charge on any atom is -0.340 e. The number of nitrogens with zero attached hydrogens (tertiary/aromatic N) is 2. The van der Waals surface area contributed by atoms with Crippen molar-refractivity contribution >= 4 is 5.91 Å². The monoisotopic (exact) mass is 281 g/mol. The van der Waals surface area contributed by atoms with Gasteiger partial charge in [-0.25, -0.2) is 0 Å². The van der Waals surface area contributed by atoms with Crippen LogP contribution in [0.25, 0.3) is 0 Å². The number of carbonyl (C=O) groups is 1. The average molecular weight is 281 g/mol. The number of rotatable bonds is 4. The Morgan fingerprint density at radius 1 is 1.15 bits per heavy atom. The van der Waals surface area contributed by atoms with Crippen molar-refractivity contribution in [3.63, 3.8) is 0 Å². The van der Waals surface area contributed by atoms with Crippen LogP contribution >= 0.6 is 0 Å². The number of hydrogen-bond donors (Lipinski definition) is 1. The molecule has 2 fully saturated rings. The van der Waals surface area contributed by atoms with Crippen molar-refractivity contribution in [1.29, 1.82) is 0 Å². The van der Waals surface area contributed by atoms with Gasteiger partial charge in [0.25, 0.3) is 0 Å². The van der Waals surface area contributed by atoms with E-state index in [1.54, 1.807) is 0 Å². The lowest BCUT2D eigenvalue weighted by Gasteiger charge is -2.28. The SMILES string of the molecule is CC(C)C1CCCN(CCC(=O)N2CCNCC2)CC1. The zero-order valence-corrected chi connectivity index (χ0v) is 13.2. The van der Waals surface area contributed by atoms with E-state index >= 15 is 0 Å². The summed E-state index contributed by atoms with van der Waals surface area (Å²) in [5.74, 6) is 2.03. The highest BCUT2D eigenvalue weighted by molar-refractivity contribution is 5.76. The molecule has 2 heterocycles. The van der Waals surface area contributed by atoms with Crippen LogP contribution in [-0.4, -0.2) is 61.5 Å². The van der Waals surface area contributed by atoms with E-state index < -0.39 is 0 Å². The molecule has 4 nitrogen and oxygen atoms in total. The van der Waals surface area contributed by atoms with Crippen LogP contribution < -0.4 is 5.32 Å². The van der Waals surface area contributed by atoms with Crippen LogP contribution in [0, 0.1) is 11.8 Å². The van der Waals surface area contributed by atoms with Gasteiger partial charge in [0, 0.05) is 39.1 Å². The quantitative estimate of drug-likeness (QED) is 0.849. The van der Waals surface area contributed by atoms with E-state index in [1.807, 2.05) is 4.90 Å². The third-order valence-electron chi connectivity index (χ3n) is 4.92. The van der Waals surface area contributed by atoms with Crippen molar-refractivity contribution in [2.75, 3.05) is 45.8 Å². The normalized spacial score (nSPS) is 25.8. The molecule has 1 unspecified atom stereocenters. The third kappa shape index (κ3) is 4.74. The van der Waals surface area contributed by atoms with Gasteiger partial charge in [0.05, 0.1) is 0 Å². The van der Waals surface area contributed by atoms with Gasteiger partial charge in [-0.1, -0.05) is 13.8 Å². The molecule has 2 saturated heterocycles. The first kappa shape index (κ1) is 15.8. The maximum atomic E-state index is 12.2. The number of nitrogens with one attached hydrogen (secondary N) is 1. The van der Waals surface area contributed by atoms with Crippen LogP contribution in [0.5, 0.6) is 0 Å². The molecule has 1 atom stereocenters. The van der Waals surface area contributed by atoms with Crippen molar-refractivity contribution in [1.82, 2.24) is 15.1 Å². The lowest BCUT2D eigenvalue weighted by Crippen LogP contribution is -2.47. The summed E-state index contributed by atoms with van der Waals surface area (Å²) >= 11 is 0. The molecule has 4 heteroatoms. The fourth-order valence-corrected chi connectivity index (χ4v) is 3.40. The summed E-state index contributed by atoms with van der Waals surface area (Å²) in [5, 5.41) is 3.29. The molecule has 2 aliphatic rings. The van der Waals surface area contributed by atoms with Crippen LogP contribution in [0.4, 0.5) is 0 Å². The molecular weight excluding hydrogens is 250 g/mol. The molecule has 0 aliphatic carbocycles. The molecule has 20 heavy (non-hydrogen) atoms. The van der Waals surface area contributed by atoms with Crippen LogP contribution in [0.2, 0.25) is 0 Å². The van der Waals surface area contributed by atoms with Gasteiger partial charge in [0.1, 0.15) is 0 Å². The van der Waals surface area contributed by atoms with Gasteiger partial charge in [-0.2, -0.15) is 0 Å². The predicted octanol–water partition coefficient (Wildman–Crippen LogP) is 1.57. The Morgan fingerprint density at radius 3 is 2.60 bits per heavy atom. The highest BCUT2D eigenvalue weighted by Crippen LogP contribution is 2.24. The lowest BCUT2D eigenvalue weighted by atomic mass is 9.89. The first-order valence-electron chi connectivity index (χ1n) is 8.37. The Bertz CT molecular complexity index is 300. The molecule has 1 amide bonds. The topological polar surface area (TPSA) is 35.6 Å². The maximum Gasteiger partial charge on any atom is 0.223 e. The molecule has 0 aromatic carbocycles. The van der Waals surface area contributed by atoms with Crippen LogP contribution in [0.1, 0.15) is 39.5 Å². The average Bonchev–Trinajstić information content (AvgIpc) is 2.71. The Hall–Kier alpha value is -0.610. The van der Waals surface area contributed by atoms with E-state index in [-0.39, 0.29) is 0 Å². The second-order valence-corrected chi connectivity index (χ2v) is 6.66. The van der Waals surface area contributed by atoms with E-state index in [0.29, 0.717) is 12.3 Å². The lowest BCUT2D eigenvalue weighted by molar-refractivity contribution is -0.132. The van der Waals surface area contributed by atoms with Crippen molar-refractivity contribution < 1.29 is 4.79 Å². The van der Waals surface area contributed by atoms with Gasteiger partial charge in [0.2, 0.25) is 5.91 Å². The van der Waals surface area contributed by atoms with Crippen molar-refractivity contribution in [3.05, 3.63) is 0 Å². The van der Waals surface area contributed by atoms with Crippen molar-refractivity contribution in [2.45, 2.75) is 39.5 Å². The number of amides is 1. The standard InChI is InChI=1S/C16H31N3O/c1-14(2)15-4-3-9-18(10-5-15)11-6-16(20)19-12-7-17-8-13-19/h14-15,17H,3-13H2,1-2H3. The molecule has 0 aromatic heterocycles. The fraction of sp³-hybridized carbons (Fsp3) is 0.938. The second-order valence-electron chi connectivity index (χ2n) is 6.66. The van der Waals surface area contributed by atoms with E-state index in [4.69, 9.17) is 0 Å². The Labute approximate surface area is 123 Å². The zero-order valence-electron chi connectivity index (χ0n) is 13.2. The second kappa shape index (κ2) is 7.99. The predicted molar refractivity (Wildman–Crippen MR) is 82.7 cm³/mol. The summed E-state index contributed by atoms with van der Waals surface area (Å²) in [6, 6.07) is 0. The Balaban J connectivity index is 1.69. The van der Waals surface area contributed by atoms with Crippen molar-refractivity contribution in [3.8, 4) is 0 Å². The summed E-state index contributed by atoms with van der Waals surface area (Å²) in [6.45, 7) is 11.7. The molecule has 0 radical (unpaired) electrons. The highest BCUT2D eigenvalue weighted by atomic mass is 16.2. The minimum atomic E-state index is 0.344. The van der Waals surface area contributed by atoms with E-state index in [2.05, 4.69) is 24.1 Å². The first-order chi connectivity index (χ1) is 9.66. The van der Waals surface area contributed by atoms with Gasteiger partial charge < -0.3 is 15.1 Å². The van der Waals surface area contributed by atoms with Gasteiger partial charge in [-0.3, -0.25) is 4.79 Å². The molecule has 1 N–H and O–H groups in total. The molecule has 0 saturated carbocycles. The summed E-state index contributed by atoms with van der Waals surface area (Å²) in [7, 11) is 0. The smallest absolute Gasteiger partial charge is 0.223 e. The van der Waals surface area contributed by atoms with E-state index in [9.17, 15) is 4.79 Å². The van der Waals surface area contributed by atoms with Gasteiger partial charge in [-0.15, -0.1) is 0 Å². The maximum absolute atomic E-state index is 12.2. The largest absolute Gasteiger partial charge is 0.340 e. The van der Waals surface area contributed by atoms with Crippen LogP contribution in [-0.2, 0) is 4.79 Å².